The van der Waals surface area contributed by atoms with E-state index < -0.39 is 0 Å². The molecule has 0 aliphatic carbocycles. The van der Waals surface area contributed by atoms with Crippen molar-refractivity contribution in [2.45, 2.75) is 0 Å². The molecule has 0 radical (unpaired) electrons. The molecule has 2 aromatic heterocycles. The van der Waals surface area contributed by atoms with Crippen molar-refractivity contribution in [2.75, 3.05) is 0 Å². The van der Waals surface area contributed by atoms with Gasteiger partial charge in [-0.3, -0.25) is 4.57 Å². The Labute approximate surface area is 283 Å². The zero-order valence-electron chi connectivity index (χ0n) is 26.5. The molecule has 9 rings (SSSR count). The van der Waals surface area contributed by atoms with Gasteiger partial charge in [0.2, 0.25) is 0 Å². The van der Waals surface area contributed by atoms with Crippen LogP contribution in [0.15, 0.2) is 176 Å². The predicted octanol–water partition coefficient (Wildman–Crippen LogP) is 10.7. The number of hydrogen-bond donors (Lipinski definition) is 0. The summed E-state index contributed by atoms with van der Waals surface area (Å²) in [4.78, 5) is 20.2. The van der Waals surface area contributed by atoms with Crippen LogP contribution in [0.25, 0.3) is 84.2 Å². The molecule has 0 atom stereocenters. The van der Waals surface area contributed by atoms with Gasteiger partial charge in [0.15, 0.2) is 17.5 Å². The first-order chi connectivity index (χ1) is 24.3. The normalized spacial score (nSPS) is 11.3. The van der Waals surface area contributed by atoms with E-state index >= 15 is 0 Å². The van der Waals surface area contributed by atoms with Crippen LogP contribution in [0, 0.1) is 0 Å². The maximum absolute atomic E-state index is 5.09. The number of nitrogens with zero attached hydrogens (tertiary/aromatic N) is 5. The van der Waals surface area contributed by atoms with E-state index in [1.807, 2.05) is 72.8 Å². The van der Waals surface area contributed by atoms with Crippen LogP contribution in [0.5, 0.6) is 0 Å². The molecule has 0 fully saturated rings. The molecule has 0 aliphatic rings. The second-order valence-electron chi connectivity index (χ2n) is 11.9. The highest BCUT2D eigenvalue weighted by Crippen LogP contribution is 2.39. The molecule has 230 valence electrons. The summed E-state index contributed by atoms with van der Waals surface area (Å²) in [5.74, 6) is 2.80. The van der Waals surface area contributed by atoms with Gasteiger partial charge in [0.25, 0.3) is 0 Å². The fraction of sp³-hybridized carbons (Fsp3) is 0. The Morgan fingerprint density at radius 3 is 1.61 bits per heavy atom. The molecule has 0 saturated heterocycles. The SMILES string of the molecule is c1ccc(-c2nc(-c3ccccc3)nc(-c3ccc4ccccc4c3-c3ccc(-c4nc5ccccc5n4-c4ccccc4)cc3)n2)cc1. The lowest BCUT2D eigenvalue weighted by Crippen LogP contribution is -2.01. The minimum atomic E-state index is 0.628. The molecule has 0 aliphatic heterocycles. The van der Waals surface area contributed by atoms with Crippen molar-refractivity contribution in [2.24, 2.45) is 0 Å². The van der Waals surface area contributed by atoms with Crippen LogP contribution < -0.4 is 0 Å². The van der Waals surface area contributed by atoms with Gasteiger partial charge in [0, 0.05) is 33.5 Å². The molecule has 5 nitrogen and oxygen atoms in total. The summed E-state index contributed by atoms with van der Waals surface area (Å²) in [6, 6.07) is 60.4. The van der Waals surface area contributed by atoms with Crippen molar-refractivity contribution in [1.82, 2.24) is 24.5 Å². The lowest BCUT2D eigenvalue weighted by atomic mass is 9.92. The van der Waals surface area contributed by atoms with E-state index in [1.54, 1.807) is 0 Å². The first-order valence-corrected chi connectivity index (χ1v) is 16.3. The van der Waals surface area contributed by atoms with Gasteiger partial charge in [-0.1, -0.05) is 146 Å². The van der Waals surface area contributed by atoms with Crippen LogP contribution in [-0.2, 0) is 0 Å². The molecule has 0 unspecified atom stereocenters. The summed E-state index contributed by atoms with van der Waals surface area (Å²) in [6.07, 6.45) is 0. The Morgan fingerprint density at radius 1 is 0.367 bits per heavy atom. The third kappa shape index (κ3) is 5.24. The molecule has 0 spiro atoms. The molecule has 9 aromatic rings. The molecule has 0 bridgehead atoms. The Hall–Kier alpha value is -6.72. The number of aromatic nitrogens is 5. The number of para-hydroxylation sites is 3. The van der Waals surface area contributed by atoms with E-state index in [0.717, 1.165) is 66.7 Å². The second-order valence-corrected chi connectivity index (χ2v) is 11.9. The van der Waals surface area contributed by atoms with Crippen molar-refractivity contribution in [3.8, 4) is 62.4 Å². The summed E-state index contributed by atoms with van der Waals surface area (Å²) in [5.41, 5.74) is 9.11. The molecule has 49 heavy (non-hydrogen) atoms. The van der Waals surface area contributed by atoms with Crippen LogP contribution >= 0.6 is 0 Å². The first-order valence-electron chi connectivity index (χ1n) is 16.3. The number of imidazole rings is 1. The third-order valence-electron chi connectivity index (χ3n) is 8.88. The Balaban J connectivity index is 1.23. The van der Waals surface area contributed by atoms with E-state index in [-0.39, 0.29) is 0 Å². The highest BCUT2D eigenvalue weighted by Gasteiger charge is 2.19. The van der Waals surface area contributed by atoms with Gasteiger partial charge in [0.1, 0.15) is 5.82 Å². The predicted molar refractivity (Wildman–Crippen MR) is 199 cm³/mol. The number of hydrogen-bond acceptors (Lipinski definition) is 4. The number of fused-ring (bicyclic) bond motifs is 2. The van der Waals surface area contributed by atoms with Crippen molar-refractivity contribution in [3.63, 3.8) is 0 Å². The zero-order chi connectivity index (χ0) is 32.6. The Morgan fingerprint density at radius 2 is 0.918 bits per heavy atom. The maximum atomic E-state index is 5.09. The smallest absolute Gasteiger partial charge is 0.164 e. The van der Waals surface area contributed by atoms with E-state index in [2.05, 4.69) is 108 Å². The lowest BCUT2D eigenvalue weighted by molar-refractivity contribution is 1.07. The largest absolute Gasteiger partial charge is 0.292 e. The summed E-state index contributed by atoms with van der Waals surface area (Å²) in [5, 5.41) is 2.28. The summed E-state index contributed by atoms with van der Waals surface area (Å²) in [7, 11) is 0. The average Bonchev–Trinajstić information content (AvgIpc) is 3.58. The number of benzene rings is 7. The fourth-order valence-corrected chi connectivity index (χ4v) is 6.54. The molecular formula is C44H29N5. The Kier molecular flexibility index (Phi) is 7.06. The van der Waals surface area contributed by atoms with Gasteiger partial charge in [0.05, 0.1) is 11.0 Å². The molecule has 5 heteroatoms. The van der Waals surface area contributed by atoms with Crippen LogP contribution in [0.1, 0.15) is 0 Å². The van der Waals surface area contributed by atoms with Gasteiger partial charge < -0.3 is 0 Å². The minimum Gasteiger partial charge on any atom is -0.292 e. The molecule has 0 saturated carbocycles. The maximum Gasteiger partial charge on any atom is 0.164 e. The van der Waals surface area contributed by atoms with Gasteiger partial charge in [-0.15, -0.1) is 0 Å². The van der Waals surface area contributed by atoms with Crippen LogP contribution in [-0.4, -0.2) is 24.5 Å². The third-order valence-corrected chi connectivity index (χ3v) is 8.88. The Bertz CT molecular complexity index is 2520. The number of rotatable bonds is 6. The highest BCUT2D eigenvalue weighted by molar-refractivity contribution is 6.03. The van der Waals surface area contributed by atoms with Crippen LogP contribution in [0.4, 0.5) is 0 Å². The van der Waals surface area contributed by atoms with Crippen molar-refractivity contribution in [1.29, 1.82) is 0 Å². The molecule has 7 aromatic carbocycles. The monoisotopic (exact) mass is 627 g/mol. The van der Waals surface area contributed by atoms with Crippen molar-refractivity contribution in [3.05, 3.63) is 176 Å². The lowest BCUT2D eigenvalue weighted by Gasteiger charge is -2.15. The van der Waals surface area contributed by atoms with Crippen molar-refractivity contribution >= 4 is 21.8 Å². The van der Waals surface area contributed by atoms with Gasteiger partial charge in [-0.25, -0.2) is 19.9 Å². The van der Waals surface area contributed by atoms with E-state index in [0.29, 0.717) is 17.5 Å². The zero-order valence-corrected chi connectivity index (χ0v) is 26.5. The molecule has 2 heterocycles. The summed E-state index contributed by atoms with van der Waals surface area (Å²) < 4.78 is 2.23. The van der Waals surface area contributed by atoms with E-state index in [1.165, 1.54) is 0 Å². The van der Waals surface area contributed by atoms with E-state index in [9.17, 15) is 0 Å². The van der Waals surface area contributed by atoms with Crippen molar-refractivity contribution < 1.29 is 0 Å². The summed E-state index contributed by atoms with van der Waals surface area (Å²) in [6.45, 7) is 0. The van der Waals surface area contributed by atoms with Gasteiger partial charge in [-0.05, 0) is 46.7 Å². The highest BCUT2D eigenvalue weighted by atomic mass is 15.1. The van der Waals surface area contributed by atoms with Gasteiger partial charge in [-0.2, -0.15) is 0 Å². The van der Waals surface area contributed by atoms with E-state index in [4.69, 9.17) is 19.9 Å². The standard InChI is InChI=1S/C44H29N5/c1-4-15-32(16-5-1)41-46-42(33-17-6-2-7-18-33)48-43(47-41)37-29-28-30-14-10-11-21-36(30)40(37)31-24-26-34(27-25-31)44-45-38-22-12-13-23-39(38)49(44)35-19-8-3-9-20-35/h1-29H. The van der Waals surface area contributed by atoms with Crippen LogP contribution in [0.3, 0.4) is 0 Å². The quantitative estimate of drug-likeness (QED) is 0.184. The average molecular weight is 628 g/mol. The molecular weight excluding hydrogens is 599 g/mol. The minimum absolute atomic E-state index is 0.628. The van der Waals surface area contributed by atoms with Crippen LogP contribution in [0.2, 0.25) is 0 Å². The topological polar surface area (TPSA) is 56.5 Å². The summed E-state index contributed by atoms with van der Waals surface area (Å²) >= 11 is 0. The van der Waals surface area contributed by atoms with Gasteiger partial charge >= 0.3 is 0 Å². The second kappa shape index (κ2) is 12.1. The first kappa shape index (κ1) is 28.5. The molecule has 0 amide bonds. The molecule has 0 N–H and O–H groups in total. The fourth-order valence-electron chi connectivity index (χ4n) is 6.54.